The third kappa shape index (κ3) is 4.78. The van der Waals surface area contributed by atoms with Crippen LogP contribution in [0.3, 0.4) is 0 Å². The molecule has 0 saturated heterocycles. The fraction of sp³-hybridized carbons (Fsp3) is 0.143. The number of ether oxygens (including phenoxy) is 2. The first-order valence-corrected chi connectivity index (χ1v) is 8.68. The summed E-state index contributed by atoms with van der Waals surface area (Å²) in [6.07, 6.45) is 0. The molecule has 8 heteroatoms. The van der Waals surface area contributed by atoms with Crippen LogP contribution < -0.4 is 20.1 Å². The quantitative estimate of drug-likeness (QED) is 0.662. The van der Waals surface area contributed by atoms with Gasteiger partial charge in [-0.2, -0.15) is 5.26 Å². The van der Waals surface area contributed by atoms with Crippen molar-refractivity contribution in [2.45, 2.75) is 6.92 Å². The summed E-state index contributed by atoms with van der Waals surface area (Å²) in [4.78, 5) is 21.3. The second-order valence-corrected chi connectivity index (χ2v) is 6.06. The number of hydrogen-bond acceptors (Lipinski definition) is 7. The predicted octanol–water partition coefficient (Wildman–Crippen LogP) is 3.67. The summed E-state index contributed by atoms with van der Waals surface area (Å²) in [6, 6.07) is 15.7. The Morgan fingerprint density at radius 1 is 1.00 bits per heavy atom. The van der Waals surface area contributed by atoms with Gasteiger partial charge in [0.15, 0.2) is 11.5 Å². The fourth-order valence-corrected chi connectivity index (χ4v) is 2.65. The van der Waals surface area contributed by atoms with Crippen molar-refractivity contribution in [2.75, 3.05) is 24.9 Å². The predicted molar refractivity (Wildman–Crippen MR) is 109 cm³/mol. The summed E-state index contributed by atoms with van der Waals surface area (Å²) in [6.45, 7) is 1.77. The maximum Gasteiger partial charge on any atom is 0.274 e. The minimum Gasteiger partial charge on any atom is -0.493 e. The Morgan fingerprint density at radius 2 is 1.79 bits per heavy atom. The summed E-state index contributed by atoms with van der Waals surface area (Å²) in [5.41, 5.74) is 2.53. The number of carbonyl (C=O) groups is 1. The monoisotopic (exact) mass is 389 g/mol. The molecule has 0 atom stereocenters. The standard InChI is InChI=1S/C21H19N5O3/c1-13-9-17(20(27)24-16-7-8-18(28-2)19(11-16)29-3)26-21(23-13)25-15-6-4-5-14(10-15)12-22/h4-11H,1-3H3,(H,24,27)(H,23,25,26). The number of hydrogen-bond donors (Lipinski definition) is 2. The lowest BCUT2D eigenvalue weighted by molar-refractivity contribution is 0.102. The van der Waals surface area contributed by atoms with Crippen LogP contribution in [0.1, 0.15) is 21.7 Å². The van der Waals surface area contributed by atoms with Crippen LogP contribution in [-0.4, -0.2) is 30.1 Å². The number of nitrogens with one attached hydrogen (secondary N) is 2. The van der Waals surface area contributed by atoms with Gasteiger partial charge in [-0.1, -0.05) is 6.07 Å². The van der Waals surface area contributed by atoms with Crippen molar-refractivity contribution in [1.82, 2.24) is 9.97 Å². The first kappa shape index (κ1) is 19.6. The topological polar surface area (TPSA) is 109 Å². The zero-order chi connectivity index (χ0) is 20.8. The molecule has 1 amide bonds. The van der Waals surface area contributed by atoms with Gasteiger partial charge >= 0.3 is 0 Å². The number of aromatic nitrogens is 2. The first-order valence-electron chi connectivity index (χ1n) is 8.68. The number of aryl methyl sites for hydroxylation is 1. The average molecular weight is 389 g/mol. The highest BCUT2D eigenvalue weighted by Crippen LogP contribution is 2.30. The largest absolute Gasteiger partial charge is 0.493 e. The van der Waals surface area contributed by atoms with Gasteiger partial charge in [0.25, 0.3) is 5.91 Å². The van der Waals surface area contributed by atoms with Crippen molar-refractivity contribution in [3.05, 3.63) is 65.5 Å². The molecule has 0 saturated carbocycles. The second-order valence-electron chi connectivity index (χ2n) is 6.06. The van der Waals surface area contributed by atoms with Crippen LogP contribution in [0.4, 0.5) is 17.3 Å². The van der Waals surface area contributed by atoms with E-state index in [4.69, 9.17) is 14.7 Å². The maximum absolute atomic E-state index is 12.7. The molecule has 2 aromatic carbocycles. The number of amides is 1. The summed E-state index contributed by atoms with van der Waals surface area (Å²) in [5, 5.41) is 14.8. The molecule has 0 aliphatic rings. The number of anilines is 3. The molecule has 29 heavy (non-hydrogen) atoms. The number of benzene rings is 2. The Labute approximate surface area is 168 Å². The van der Waals surface area contributed by atoms with Crippen LogP contribution in [0.25, 0.3) is 0 Å². The van der Waals surface area contributed by atoms with Gasteiger partial charge in [0, 0.05) is 23.1 Å². The zero-order valence-electron chi connectivity index (χ0n) is 16.2. The molecule has 3 rings (SSSR count). The second kappa shape index (κ2) is 8.71. The van der Waals surface area contributed by atoms with Crippen molar-refractivity contribution in [2.24, 2.45) is 0 Å². The molecule has 1 aromatic heterocycles. The van der Waals surface area contributed by atoms with Crippen molar-refractivity contribution >= 4 is 23.2 Å². The molecule has 0 unspecified atom stereocenters. The summed E-state index contributed by atoms with van der Waals surface area (Å²) in [7, 11) is 3.07. The smallest absolute Gasteiger partial charge is 0.274 e. The van der Waals surface area contributed by atoms with E-state index in [9.17, 15) is 4.79 Å². The minimum atomic E-state index is -0.392. The van der Waals surface area contributed by atoms with E-state index >= 15 is 0 Å². The van der Waals surface area contributed by atoms with Crippen LogP contribution in [0.2, 0.25) is 0 Å². The van der Waals surface area contributed by atoms with E-state index in [-0.39, 0.29) is 11.6 Å². The lowest BCUT2D eigenvalue weighted by Crippen LogP contribution is -2.15. The molecular formula is C21H19N5O3. The van der Waals surface area contributed by atoms with E-state index in [1.165, 1.54) is 7.11 Å². The Balaban J connectivity index is 1.81. The van der Waals surface area contributed by atoms with E-state index in [0.29, 0.717) is 34.1 Å². The molecule has 3 aromatic rings. The maximum atomic E-state index is 12.7. The van der Waals surface area contributed by atoms with Crippen molar-refractivity contribution in [3.8, 4) is 17.6 Å². The van der Waals surface area contributed by atoms with Gasteiger partial charge in [0.2, 0.25) is 5.95 Å². The van der Waals surface area contributed by atoms with E-state index in [1.807, 2.05) is 0 Å². The highest BCUT2D eigenvalue weighted by atomic mass is 16.5. The van der Waals surface area contributed by atoms with Gasteiger partial charge in [-0.05, 0) is 43.3 Å². The van der Waals surface area contributed by atoms with E-state index < -0.39 is 5.91 Å². The van der Waals surface area contributed by atoms with Gasteiger partial charge < -0.3 is 20.1 Å². The van der Waals surface area contributed by atoms with Gasteiger partial charge in [-0.3, -0.25) is 4.79 Å². The summed E-state index contributed by atoms with van der Waals surface area (Å²) in [5.74, 6) is 0.937. The zero-order valence-corrected chi connectivity index (χ0v) is 16.2. The first-order chi connectivity index (χ1) is 14.0. The Hall–Kier alpha value is -4.12. The minimum absolute atomic E-state index is 0.200. The third-order valence-electron chi connectivity index (χ3n) is 3.98. The molecule has 0 radical (unpaired) electrons. The van der Waals surface area contributed by atoms with Gasteiger partial charge in [0.1, 0.15) is 5.69 Å². The van der Waals surface area contributed by atoms with E-state index in [1.54, 1.807) is 62.6 Å². The summed E-state index contributed by atoms with van der Waals surface area (Å²) >= 11 is 0. The van der Waals surface area contributed by atoms with E-state index in [2.05, 4.69) is 26.7 Å². The van der Waals surface area contributed by atoms with Crippen molar-refractivity contribution in [1.29, 1.82) is 5.26 Å². The number of rotatable bonds is 6. The molecule has 0 spiro atoms. The number of carbonyl (C=O) groups excluding carboxylic acids is 1. The molecule has 0 aliphatic heterocycles. The molecule has 146 valence electrons. The fourth-order valence-electron chi connectivity index (χ4n) is 2.65. The molecule has 8 nitrogen and oxygen atoms in total. The number of nitriles is 1. The van der Waals surface area contributed by atoms with Gasteiger partial charge in [0.05, 0.1) is 25.9 Å². The lowest BCUT2D eigenvalue weighted by atomic mass is 10.2. The van der Waals surface area contributed by atoms with Gasteiger partial charge in [-0.15, -0.1) is 0 Å². The molecule has 1 heterocycles. The van der Waals surface area contributed by atoms with Crippen LogP contribution in [0, 0.1) is 18.3 Å². The molecule has 0 fully saturated rings. The molecular weight excluding hydrogens is 370 g/mol. The molecule has 0 bridgehead atoms. The van der Waals surface area contributed by atoms with Crippen molar-refractivity contribution < 1.29 is 14.3 Å². The number of nitrogens with zero attached hydrogens (tertiary/aromatic N) is 3. The van der Waals surface area contributed by atoms with Crippen LogP contribution in [-0.2, 0) is 0 Å². The SMILES string of the molecule is COc1ccc(NC(=O)c2cc(C)nc(Nc3cccc(C#N)c3)n2)cc1OC. The Morgan fingerprint density at radius 3 is 2.52 bits per heavy atom. The van der Waals surface area contributed by atoms with Crippen LogP contribution in [0.5, 0.6) is 11.5 Å². The summed E-state index contributed by atoms with van der Waals surface area (Å²) < 4.78 is 10.5. The normalized spacial score (nSPS) is 10.0. The molecule has 2 N–H and O–H groups in total. The highest BCUT2D eigenvalue weighted by Gasteiger charge is 2.13. The molecule has 0 aliphatic carbocycles. The van der Waals surface area contributed by atoms with Crippen LogP contribution in [0.15, 0.2) is 48.5 Å². The number of methoxy groups -OCH3 is 2. The highest BCUT2D eigenvalue weighted by molar-refractivity contribution is 6.03. The Kier molecular flexibility index (Phi) is 5.90. The third-order valence-corrected chi connectivity index (χ3v) is 3.98. The Bertz CT molecular complexity index is 1090. The lowest BCUT2D eigenvalue weighted by Gasteiger charge is -2.11. The van der Waals surface area contributed by atoms with E-state index in [0.717, 1.165) is 0 Å². The average Bonchev–Trinajstić information content (AvgIpc) is 2.73. The van der Waals surface area contributed by atoms with Crippen molar-refractivity contribution in [3.63, 3.8) is 0 Å². The van der Waals surface area contributed by atoms with Gasteiger partial charge in [-0.25, -0.2) is 9.97 Å². The van der Waals surface area contributed by atoms with Crippen LogP contribution >= 0.6 is 0 Å².